The van der Waals surface area contributed by atoms with Crippen LogP contribution in [0.1, 0.15) is 37.2 Å². The second kappa shape index (κ2) is 3.55. The molecule has 0 N–H and O–H groups in total. The standard InChI is InChI=1S/C14H18O/c1-15-13-6-4-11(5-7-13)14-9-10-2-3-12(14)8-10/h4-7,10,12,14H,2-3,8-9H2,1H3/t10-,12+,14-/m0/s1. The van der Waals surface area contributed by atoms with Crippen molar-refractivity contribution in [2.24, 2.45) is 11.8 Å². The molecule has 2 bridgehead atoms. The van der Waals surface area contributed by atoms with Crippen molar-refractivity contribution in [3.63, 3.8) is 0 Å². The number of fused-ring (bicyclic) bond motifs is 2. The van der Waals surface area contributed by atoms with Gasteiger partial charge in [-0.3, -0.25) is 0 Å². The second-order valence-corrected chi connectivity index (χ2v) is 5.05. The molecule has 0 unspecified atom stereocenters. The molecule has 15 heavy (non-hydrogen) atoms. The van der Waals surface area contributed by atoms with E-state index in [1.807, 2.05) is 0 Å². The summed E-state index contributed by atoms with van der Waals surface area (Å²) in [6.07, 6.45) is 5.85. The number of benzene rings is 1. The molecule has 1 heteroatoms. The van der Waals surface area contributed by atoms with Crippen LogP contribution in [0.2, 0.25) is 0 Å². The van der Waals surface area contributed by atoms with E-state index < -0.39 is 0 Å². The highest BCUT2D eigenvalue weighted by atomic mass is 16.5. The summed E-state index contributed by atoms with van der Waals surface area (Å²) in [6.45, 7) is 0. The Morgan fingerprint density at radius 3 is 2.40 bits per heavy atom. The number of hydrogen-bond donors (Lipinski definition) is 0. The third-order valence-electron chi connectivity index (χ3n) is 4.28. The molecule has 1 aromatic rings. The van der Waals surface area contributed by atoms with Gasteiger partial charge in [-0.1, -0.05) is 18.6 Å². The lowest BCUT2D eigenvalue weighted by molar-refractivity contribution is 0.409. The van der Waals surface area contributed by atoms with Crippen molar-refractivity contribution in [2.45, 2.75) is 31.6 Å². The number of methoxy groups -OCH3 is 1. The zero-order chi connectivity index (χ0) is 10.3. The lowest BCUT2D eigenvalue weighted by Crippen LogP contribution is -2.08. The molecule has 0 spiro atoms. The molecule has 2 aliphatic rings. The fraction of sp³-hybridized carbons (Fsp3) is 0.571. The molecule has 0 aromatic heterocycles. The first kappa shape index (κ1) is 9.26. The number of ether oxygens (including phenoxy) is 1. The van der Waals surface area contributed by atoms with Crippen LogP contribution in [0.4, 0.5) is 0 Å². The topological polar surface area (TPSA) is 9.23 Å². The van der Waals surface area contributed by atoms with Crippen molar-refractivity contribution in [2.75, 3.05) is 7.11 Å². The fourth-order valence-corrected chi connectivity index (χ4v) is 3.50. The van der Waals surface area contributed by atoms with E-state index in [1.54, 1.807) is 7.11 Å². The van der Waals surface area contributed by atoms with Crippen molar-refractivity contribution in [3.05, 3.63) is 29.8 Å². The van der Waals surface area contributed by atoms with E-state index in [1.165, 1.54) is 31.2 Å². The summed E-state index contributed by atoms with van der Waals surface area (Å²) in [5, 5.41) is 0. The quantitative estimate of drug-likeness (QED) is 0.712. The highest BCUT2D eigenvalue weighted by Gasteiger charge is 2.39. The first-order valence-corrected chi connectivity index (χ1v) is 6.01. The summed E-state index contributed by atoms with van der Waals surface area (Å²) < 4.78 is 5.19. The highest BCUT2D eigenvalue weighted by Crippen LogP contribution is 2.52. The van der Waals surface area contributed by atoms with Gasteiger partial charge in [-0.05, 0) is 54.7 Å². The molecule has 1 nitrogen and oxygen atoms in total. The predicted octanol–water partition coefficient (Wildman–Crippen LogP) is 3.60. The van der Waals surface area contributed by atoms with E-state index in [0.29, 0.717) is 0 Å². The molecule has 2 saturated carbocycles. The van der Waals surface area contributed by atoms with Gasteiger partial charge in [0.1, 0.15) is 5.75 Å². The van der Waals surface area contributed by atoms with Crippen LogP contribution in [0.5, 0.6) is 5.75 Å². The van der Waals surface area contributed by atoms with E-state index in [4.69, 9.17) is 4.74 Å². The van der Waals surface area contributed by atoms with E-state index >= 15 is 0 Å². The van der Waals surface area contributed by atoms with Crippen LogP contribution in [0.3, 0.4) is 0 Å². The van der Waals surface area contributed by atoms with Crippen molar-refractivity contribution in [1.82, 2.24) is 0 Å². The molecule has 0 aliphatic heterocycles. The molecule has 3 rings (SSSR count). The summed E-state index contributed by atoms with van der Waals surface area (Å²) in [7, 11) is 1.73. The molecule has 3 atom stereocenters. The lowest BCUT2D eigenvalue weighted by atomic mass is 9.83. The number of rotatable bonds is 2. The smallest absolute Gasteiger partial charge is 0.118 e. The lowest BCUT2D eigenvalue weighted by Gasteiger charge is -2.22. The van der Waals surface area contributed by atoms with Gasteiger partial charge in [0.15, 0.2) is 0 Å². The SMILES string of the molecule is COc1ccc([C@@H]2C[C@H]3CC[C@@H]2C3)cc1. The molecule has 0 saturated heterocycles. The molecule has 0 radical (unpaired) electrons. The summed E-state index contributed by atoms with van der Waals surface area (Å²) in [6, 6.07) is 8.71. The van der Waals surface area contributed by atoms with Gasteiger partial charge in [0.25, 0.3) is 0 Å². The number of hydrogen-bond acceptors (Lipinski definition) is 1. The molecular weight excluding hydrogens is 184 g/mol. The van der Waals surface area contributed by atoms with Crippen molar-refractivity contribution in [3.8, 4) is 5.75 Å². The fourth-order valence-electron chi connectivity index (χ4n) is 3.50. The normalized spacial score (nSPS) is 33.3. The minimum absolute atomic E-state index is 0.842. The maximum absolute atomic E-state index is 5.19. The Labute approximate surface area is 91.5 Å². The van der Waals surface area contributed by atoms with Gasteiger partial charge in [-0.25, -0.2) is 0 Å². The van der Waals surface area contributed by atoms with Crippen LogP contribution in [0, 0.1) is 11.8 Å². The highest BCUT2D eigenvalue weighted by molar-refractivity contribution is 5.30. The summed E-state index contributed by atoms with van der Waals surface area (Å²) in [5.74, 6) is 3.82. The van der Waals surface area contributed by atoms with E-state index in [2.05, 4.69) is 24.3 Å². The zero-order valence-corrected chi connectivity index (χ0v) is 9.28. The average molecular weight is 202 g/mol. The van der Waals surface area contributed by atoms with Crippen molar-refractivity contribution < 1.29 is 4.74 Å². The van der Waals surface area contributed by atoms with Crippen LogP contribution in [-0.2, 0) is 0 Å². The first-order chi connectivity index (χ1) is 7.36. The summed E-state index contributed by atoms with van der Waals surface area (Å²) in [4.78, 5) is 0. The van der Waals surface area contributed by atoms with E-state index in [9.17, 15) is 0 Å². The average Bonchev–Trinajstić information content (AvgIpc) is 2.91. The second-order valence-electron chi connectivity index (χ2n) is 5.05. The Balaban J connectivity index is 1.81. The largest absolute Gasteiger partial charge is 0.497 e. The van der Waals surface area contributed by atoms with Crippen LogP contribution >= 0.6 is 0 Å². The van der Waals surface area contributed by atoms with Crippen LogP contribution < -0.4 is 4.74 Å². The Bertz CT molecular complexity index is 341. The summed E-state index contributed by atoms with van der Waals surface area (Å²) >= 11 is 0. The molecule has 0 amide bonds. The third-order valence-corrected chi connectivity index (χ3v) is 4.28. The predicted molar refractivity (Wildman–Crippen MR) is 61.2 cm³/mol. The van der Waals surface area contributed by atoms with Crippen LogP contribution in [-0.4, -0.2) is 7.11 Å². The zero-order valence-electron chi connectivity index (χ0n) is 9.28. The Morgan fingerprint density at radius 2 is 1.87 bits per heavy atom. The van der Waals surface area contributed by atoms with Gasteiger partial charge in [0, 0.05) is 0 Å². The van der Waals surface area contributed by atoms with Gasteiger partial charge in [-0.15, -0.1) is 0 Å². The third kappa shape index (κ3) is 1.54. The Hall–Kier alpha value is -0.980. The molecular formula is C14H18O. The molecule has 1 aromatic carbocycles. The minimum Gasteiger partial charge on any atom is -0.497 e. The van der Waals surface area contributed by atoms with Crippen molar-refractivity contribution in [1.29, 1.82) is 0 Å². The molecule has 80 valence electrons. The van der Waals surface area contributed by atoms with Crippen LogP contribution in [0.25, 0.3) is 0 Å². The first-order valence-electron chi connectivity index (χ1n) is 6.01. The molecule has 2 aliphatic carbocycles. The maximum atomic E-state index is 5.19. The van der Waals surface area contributed by atoms with Gasteiger partial charge >= 0.3 is 0 Å². The van der Waals surface area contributed by atoms with E-state index in [0.717, 1.165) is 23.5 Å². The maximum Gasteiger partial charge on any atom is 0.118 e. The van der Waals surface area contributed by atoms with Gasteiger partial charge in [0.05, 0.1) is 7.11 Å². The Kier molecular flexibility index (Phi) is 2.19. The minimum atomic E-state index is 0.842. The molecule has 2 fully saturated rings. The van der Waals surface area contributed by atoms with Gasteiger partial charge in [0.2, 0.25) is 0 Å². The monoisotopic (exact) mass is 202 g/mol. The summed E-state index contributed by atoms with van der Waals surface area (Å²) in [5.41, 5.74) is 1.53. The van der Waals surface area contributed by atoms with Gasteiger partial charge in [-0.2, -0.15) is 0 Å². The van der Waals surface area contributed by atoms with Crippen LogP contribution in [0.15, 0.2) is 24.3 Å². The molecule has 0 heterocycles. The van der Waals surface area contributed by atoms with Crippen molar-refractivity contribution >= 4 is 0 Å². The Morgan fingerprint density at radius 1 is 1.07 bits per heavy atom. The van der Waals surface area contributed by atoms with E-state index in [-0.39, 0.29) is 0 Å². The van der Waals surface area contributed by atoms with Gasteiger partial charge < -0.3 is 4.74 Å².